The molecule has 3 aromatic rings. The topological polar surface area (TPSA) is 43.3 Å². The van der Waals surface area contributed by atoms with Crippen molar-refractivity contribution in [1.82, 2.24) is 0 Å². The summed E-state index contributed by atoms with van der Waals surface area (Å²) in [5.74, 6) is -0.00502. The van der Waals surface area contributed by atoms with E-state index in [9.17, 15) is 10.2 Å². The number of benzene rings is 3. The molecule has 2 nitrogen and oxygen atoms in total. The second-order valence-corrected chi connectivity index (χ2v) is 5.58. The van der Waals surface area contributed by atoms with Crippen LogP contribution < -0.4 is 34.7 Å². The minimum Gasteiger partial charge on any atom is -0.872 e. The molecule has 3 heteroatoms. The number of aliphatic hydroxyl groups excluding tert-OH is 1. The Kier molecular flexibility index (Phi) is 7.48. The van der Waals surface area contributed by atoms with Crippen molar-refractivity contribution >= 4 is 11.1 Å². The number of aliphatic hydroxyl groups is 1. The zero-order valence-electron chi connectivity index (χ0n) is 14.4. The smallest absolute Gasteiger partial charge is 0.872 e. The summed E-state index contributed by atoms with van der Waals surface area (Å²) in [5, 5.41) is 21.1. The van der Waals surface area contributed by atoms with Crippen molar-refractivity contribution in [3.63, 3.8) is 0 Å². The molecule has 120 valence electrons. The van der Waals surface area contributed by atoms with Gasteiger partial charge in [-0.25, -0.2) is 0 Å². The van der Waals surface area contributed by atoms with E-state index >= 15 is 0 Å². The van der Waals surface area contributed by atoms with Crippen molar-refractivity contribution in [2.24, 2.45) is 0 Å². The molecule has 0 radical (unpaired) electrons. The minimum atomic E-state index is -0.00502. The summed E-state index contributed by atoms with van der Waals surface area (Å²) < 4.78 is 0. The molecule has 25 heavy (non-hydrogen) atoms. The molecule has 0 aliphatic carbocycles. The van der Waals surface area contributed by atoms with E-state index in [4.69, 9.17) is 0 Å². The van der Waals surface area contributed by atoms with Crippen molar-refractivity contribution < 1.29 is 39.8 Å². The summed E-state index contributed by atoms with van der Waals surface area (Å²) in [6.45, 7) is 0.0696. The number of hydrogen-bond acceptors (Lipinski definition) is 2. The first kappa shape index (κ1) is 19.5. The Balaban J connectivity index is 0.00000225. The fourth-order valence-corrected chi connectivity index (χ4v) is 2.91. The molecule has 0 saturated heterocycles. The molecule has 0 aliphatic rings. The Bertz CT molecular complexity index is 810. The van der Waals surface area contributed by atoms with Crippen LogP contribution in [0.3, 0.4) is 0 Å². The summed E-state index contributed by atoms with van der Waals surface area (Å²) in [6, 6.07) is 27.0. The third-order valence-electron chi connectivity index (χ3n) is 3.99. The second-order valence-electron chi connectivity index (χ2n) is 5.58. The molecule has 0 spiro atoms. The van der Waals surface area contributed by atoms with E-state index in [0.29, 0.717) is 6.42 Å². The molecular weight excluding hydrogens is 319 g/mol. The quantitative estimate of drug-likeness (QED) is 0.559. The van der Waals surface area contributed by atoms with E-state index in [0.717, 1.165) is 27.8 Å². The Morgan fingerprint density at radius 2 is 1.16 bits per heavy atom. The number of hydrogen-bond donors (Lipinski definition) is 1. The van der Waals surface area contributed by atoms with Gasteiger partial charge in [-0.2, -0.15) is 0 Å². The normalized spacial score (nSPS) is 11.4. The zero-order chi connectivity index (χ0) is 16.8. The molecule has 0 heterocycles. The maximum absolute atomic E-state index is 11.5. The molecule has 3 aromatic carbocycles. The average molecular weight is 338 g/mol. The van der Waals surface area contributed by atoms with E-state index in [-0.39, 0.29) is 41.9 Å². The Labute approximate surface area is 170 Å². The monoisotopic (exact) mass is 338 g/mol. The maximum atomic E-state index is 11.5. The predicted molar refractivity (Wildman–Crippen MR) is 96.4 cm³/mol. The first-order valence-corrected chi connectivity index (χ1v) is 8.02. The molecule has 0 aromatic heterocycles. The van der Waals surface area contributed by atoms with Gasteiger partial charge in [0, 0.05) is 6.61 Å². The first-order valence-electron chi connectivity index (χ1n) is 8.02. The van der Waals surface area contributed by atoms with Crippen LogP contribution in [-0.4, -0.2) is 11.7 Å². The molecular formula is C22H19NaO2. The Morgan fingerprint density at radius 1 is 0.680 bits per heavy atom. The molecule has 0 amide bonds. The Morgan fingerprint density at radius 3 is 1.68 bits per heavy atom. The summed E-state index contributed by atoms with van der Waals surface area (Å²) in [6.07, 6.45) is 0.549. The first-order chi connectivity index (χ1) is 11.8. The van der Waals surface area contributed by atoms with Gasteiger partial charge < -0.3 is 10.2 Å². The van der Waals surface area contributed by atoms with Gasteiger partial charge in [-0.3, -0.25) is 0 Å². The SMILES string of the molecule is [Na+].[O-]c1ccc(C(=C(CCO)c2ccccc2)c2ccccc2)cc1. The maximum Gasteiger partial charge on any atom is 1.00 e. The van der Waals surface area contributed by atoms with Gasteiger partial charge in [0.1, 0.15) is 0 Å². The summed E-state index contributed by atoms with van der Waals surface area (Å²) in [7, 11) is 0. The summed E-state index contributed by atoms with van der Waals surface area (Å²) >= 11 is 0. The molecule has 1 N–H and O–H groups in total. The van der Waals surface area contributed by atoms with Crippen LogP contribution in [0, 0.1) is 0 Å². The van der Waals surface area contributed by atoms with Crippen molar-refractivity contribution in [3.8, 4) is 5.75 Å². The fourth-order valence-electron chi connectivity index (χ4n) is 2.91. The van der Waals surface area contributed by atoms with E-state index in [1.54, 1.807) is 12.1 Å². The van der Waals surface area contributed by atoms with Crippen LogP contribution >= 0.6 is 0 Å². The van der Waals surface area contributed by atoms with Gasteiger partial charge in [-0.15, -0.1) is 5.75 Å². The van der Waals surface area contributed by atoms with E-state index in [1.165, 1.54) is 0 Å². The molecule has 0 unspecified atom stereocenters. The number of rotatable bonds is 5. The third-order valence-corrected chi connectivity index (χ3v) is 3.99. The van der Waals surface area contributed by atoms with Gasteiger partial charge in [0.05, 0.1) is 0 Å². The van der Waals surface area contributed by atoms with Gasteiger partial charge in [0.25, 0.3) is 0 Å². The molecule has 0 saturated carbocycles. The van der Waals surface area contributed by atoms with Crippen LogP contribution in [0.1, 0.15) is 23.1 Å². The van der Waals surface area contributed by atoms with Crippen molar-refractivity contribution in [3.05, 3.63) is 102 Å². The van der Waals surface area contributed by atoms with Crippen LogP contribution in [0.5, 0.6) is 5.75 Å². The van der Waals surface area contributed by atoms with E-state index < -0.39 is 0 Å². The van der Waals surface area contributed by atoms with Crippen molar-refractivity contribution in [1.29, 1.82) is 0 Å². The molecule has 0 atom stereocenters. The van der Waals surface area contributed by atoms with Crippen LogP contribution in [0.4, 0.5) is 0 Å². The van der Waals surface area contributed by atoms with Gasteiger partial charge in [0.2, 0.25) is 0 Å². The van der Waals surface area contributed by atoms with Gasteiger partial charge in [0.15, 0.2) is 0 Å². The second kappa shape index (κ2) is 9.59. The molecule has 3 rings (SSSR count). The molecule has 0 fully saturated rings. The Hall–Kier alpha value is -1.84. The summed E-state index contributed by atoms with van der Waals surface area (Å²) in [4.78, 5) is 0. The van der Waals surface area contributed by atoms with Gasteiger partial charge in [-0.1, -0.05) is 84.9 Å². The van der Waals surface area contributed by atoms with Crippen molar-refractivity contribution in [2.75, 3.05) is 6.61 Å². The zero-order valence-corrected chi connectivity index (χ0v) is 16.4. The van der Waals surface area contributed by atoms with Crippen LogP contribution in [0.2, 0.25) is 0 Å². The summed E-state index contributed by atoms with van der Waals surface area (Å²) in [5.41, 5.74) is 5.26. The molecule has 0 aliphatic heterocycles. The van der Waals surface area contributed by atoms with Crippen LogP contribution in [0.15, 0.2) is 84.9 Å². The standard InChI is InChI=1S/C22H20O2.Na/c23-16-15-21(17-7-3-1-4-8-17)22(18-9-5-2-6-10-18)19-11-13-20(24)14-12-19;/h1-14,23-24H,15-16H2;/q;+1/p-1. The van der Waals surface area contributed by atoms with Gasteiger partial charge >= 0.3 is 29.6 Å². The van der Waals surface area contributed by atoms with E-state index in [2.05, 4.69) is 24.3 Å². The van der Waals surface area contributed by atoms with E-state index in [1.807, 2.05) is 48.5 Å². The largest absolute Gasteiger partial charge is 1.00 e. The van der Waals surface area contributed by atoms with Crippen LogP contribution in [0.25, 0.3) is 11.1 Å². The van der Waals surface area contributed by atoms with Crippen LogP contribution in [-0.2, 0) is 0 Å². The fraction of sp³-hybridized carbons (Fsp3) is 0.0909. The third kappa shape index (κ3) is 4.83. The minimum absolute atomic E-state index is 0. The average Bonchev–Trinajstić information content (AvgIpc) is 2.64. The van der Waals surface area contributed by atoms with Crippen molar-refractivity contribution in [2.45, 2.75) is 6.42 Å². The molecule has 0 bridgehead atoms. The van der Waals surface area contributed by atoms with Gasteiger partial charge in [-0.05, 0) is 34.3 Å². The predicted octanol–water partition coefficient (Wildman–Crippen LogP) is 1.11.